The summed E-state index contributed by atoms with van der Waals surface area (Å²) in [5, 5.41) is 8.75. The smallest absolute Gasteiger partial charge is 0.407 e. The van der Waals surface area contributed by atoms with Gasteiger partial charge in [0, 0.05) is 23.4 Å². The Morgan fingerprint density at radius 3 is 2.36 bits per heavy atom. The summed E-state index contributed by atoms with van der Waals surface area (Å²) in [5.41, 5.74) is 3.02. The summed E-state index contributed by atoms with van der Waals surface area (Å²) >= 11 is 1.59. The fourth-order valence-corrected chi connectivity index (χ4v) is 5.20. The van der Waals surface area contributed by atoms with Crippen molar-refractivity contribution in [3.05, 3.63) is 81.8 Å². The van der Waals surface area contributed by atoms with Crippen molar-refractivity contribution in [1.29, 1.82) is 0 Å². The first kappa shape index (κ1) is 25.6. The molecule has 0 saturated heterocycles. The number of alkyl carbamates (subject to hydrolysis) is 1. The van der Waals surface area contributed by atoms with Crippen molar-refractivity contribution < 1.29 is 22.7 Å². The van der Waals surface area contributed by atoms with Gasteiger partial charge in [0.05, 0.1) is 23.9 Å². The summed E-state index contributed by atoms with van der Waals surface area (Å²) in [6.07, 6.45) is 2.31. The molecule has 190 valence electrons. The first-order valence-electron chi connectivity index (χ1n) is 11.6. The molecule has 11 heteroatoms. The summed E-state index contributed by atoms with van der Waals surface area (Å²) in [6.45, 7) is 0. The molecule has 0 aliphatic heterocycles. The molecule has 36 heavy (non-hydrogen) atoms. The standard InChI is InChI=1S/C25H28N4O5S2/c1-34-25(31)28-21(14-16-5-3-2-4-6-16)23(30)26-20(22-15-35-24(27-22)18-9-10-18)13-17-7-11-19(12-8-17)29-36(32)33/h2-8,11-12,15,18,20-21,36H,9-10,13-14H2,1H3,(H,26,30)(H,28,31)(H,29,32,33)/t20-,21-/m0/s1. The highest BCUT2D eigenvalue weighted by atomic mass is 32.2. The lowest BCUT2D eigenvalue weighted by Gasteiger charge is -2.23. The quantitative estimate of drug-likeness (QED) is 0.283. The van der Waals surface area contributed by atoms with Crippen LogP contribution in [-0.4, -0.2) is 38.6 Å². The molecule has 3 aromatic rings. The average Bonchev–Trinajstić information content (AvgIpc) is 3.61. The number of carbonyl (C=O) groups excluding carboxylic acids is 2. The second kappa shape index (κ2) is 12.0. The van der Waals surface area contributed by atoms with Crippen molar-refractivity contribution in [3.63, 3.8) is 0 Å². The van der Waals surface area contributed by atoms with Gasteiger partial charge in [-0.25, -0.2) is 18.2 Å². The van der Waals surface area contributed by atoms with E-state index in [1.807, 2.05) is 47.8 Å². The Hall–Kier alpha value is -3.44. The lowest BCUT2D eigenvalue weighted by molar-refractivity contribution is -0.123. The third-order valence-electron chi connectivity index (χ3n) is 5.83. The van der Waals surface area contributed by atoms with Gasteiger partial charge in [-0.1, -0.05) is 42.5 Å². The number of carbonyl (C=O) groups is 2. The van der Waals surface area contributed by atoms with E-state index in [1.54, 1.807) is 23.5 Å². The summed E-state index contributed by atoms with van der Waals surface area (Å²) in [5.74, 6) is 0.142. The highest BCUT2D eigenvalue weighted by Gasteiger charge is 2.30. The summed E-state index contributed by atoms with van der Waals surface area (Å²) in [4.78, 5) is 30.2. The van der Waals surface area contributed by atoms with Crippen LogP contribution in [-0.2, 0) is 33.3 Å². The Bertz CT molecular complexity index is 1250. The Kier molecular flexibility index (Phi) is 8.55. The SMILES string of the molecule is COC(=O)N[C@@H](Cc1ccccc1)C(=O)N[C@@H](Cc1ccc(N[SH](=O)=O)cc1)c1csc(C2CC2)n1. The molecular weight excluding hydrogens is 500 g/mol. The van der Waals surface area contributed by atoms with Gasteiger partial charge in [0.2, 0.25) is 16.8 Å². The molecule has 1 aliphatic carbocycles. The predicted octanol–water partition coefficient (Wildman–Crippen LogP) is 3.33. The first-order valence-corrected chi connectivity index (χ1v) is 13.6. The number of hydrogen-bond donors (Lipinski definition) is 4. The van der Waals surface area contributed by atoms with Gasteiger partial charge in [-0.3, -0.25) is 9.52 Å². The lowest BCUT2D eigenvalue weighted by Crippen LogP contribution is -2.49. The van der Waals surface area contributed by atoms with E-state index < -0.39 is 29.1 Å². The van der Waals surface area contributed by atoms with Crippen molar-refractivity contribution >= 4 is 39.9 Å². The second-order valence-electron chi connectivity index (χ2n) is 8.59. The number of methoxy groups -OCH3 is 1. The van der Waals surface area contributed by atoms with E-state index in [2.05, 4.69) is 15.4 Å². The molecule has 1 saturated carbocycles. The van der Waals surface area contributed by atoms with Crippen molar-refractivity contribution in [2.24, 2.45) is 0 Å². The summed E-state index contributed by atoms with van der Waals surface area (Å²) in [6, 6.07) is 15.1. The molecule has 1 heterocycles. The van der Waals surface area contributed by atoms with E-state index in [0.29, 0.717) is 24.4 Å². The Labute approximate surface area is 215 Å². The number of ether oxygens (including phenoxy) is 1. The highest BCUT2D eigenvalue weighted by Crippen LogP contribution is 2.42. The van der Waals surface area contributed by atoms with Crippen LogP contribution in [0.25, 0.3) is 0 Å². The number of hydrogen-bond acceptors (Lipinski definition) is 7. The van der Waals surface area contributed by atoms with Gasteiger partial charge in [0.25, 0.3) is 0 Å². The maximum Gasteiger partial charge on any atom is 0.407 e. The molecule has 1 aliphatic rings. The van der Waals surface area contributed by atoms with Crippen molar-refractivity contribution in [1.82, 2.24) is 15.6 Å². The summed E-state index contributed by atoms with van der Waals surface area (Å²) < 4.78 is 28.9. The van der Waals surface area contributed by atoms with Crippen molar-refractivity contribution in [2.45, 2.75) is 43.7 Å². The Morgan fingerprint density at radius 2 is 1.72 bits per heavy atom. The largest absolute Gasteiger partial charge is 0.453 e. The zero-order valence-corrected chi connectivity index (χ0v) is 21.4. The molecule has 2 aromatic carbocycles. The fraction of sp³-hybridized carbons (Fsp3) is 0.320. The van der Waals surface area contributed by atoms with E-state index in [4.69, 9.17) is 9.72 Å². The number of nitrogens with zero attached hydrogens (tertiary/aromatic N) is 1. The van der Waals surface area contributed by atoms with Gasteiger partial charge >= 0.3 is 6.09 Å². The van der Waals surface area contributed by atoms with Gasteiger partial charge < -0.3 is 15.4 Å². The minimum Gasteiger partial charge on any atom is -0.453 e. The van der Waals surface area contributed by atoms with Gasteiger partial charge in [-0.05, 0) is 42.5 Å². The number of nitrogens with one attached hydrogen (secondary N) is 3. The molecule has 0 spiro atoms. The third kappa shape index (κ3) is 7.28. The Morgan fingerprint density at radius 1 is 1.03 bits per heavy atom. The van der Waals surface area contributed by atoms with Crippen LogP contribution in [0.4, 0.5) is 10.5 Å². The van der Waals surface area contributed by atoms with Crippen LogP contribution in [0.3, 0.4) is 0 Å². The van der Waals surface area contributed by atoms with Crippen LogP contribution >= 0.6 is 11.3 Å². The van der Waals surface area contributed by atoms with Gasteiger partial charge in [0.15, 0.2) is 0 Å². The zero-order chi connectivity index (χ0) is 25.5. The Balaban J connectivity index is 1.54. The second-order valence-corrected chi connectivity index (χ2v) is 10.2. The molecule has 1 aromatic heterocycles. The van der Waals surface area contributed by atoms with E-state index in [9.17, 15) is 18.0 Å². The minimum atomic E-state index is -2.75. The molecule has 0 bridgehead atoms. The zero-order valence-electron chi connectivity index (χ0n) is 19.7. The van der Waals surface area contributed by atoms with E-state index in [1.165, 1.54) is 7.11 Å². The van der Waals surface area contributed by atoms with Crippen molar-refractivity contribution in [3.8, 4) is 0 Å². The number of thiazole rings is 1. The summed E-state index contributed by atoms with van der Waals surface area (Å²) in [7, 11) is -1.49. The van der Waals surface area contributed by atoms with Crippen LogP contribution in [0.5, 0.6) is 0 Å². The van der Waals surface area contributed by atoms with E-state index >= 15 is 0 Å². The maximum absolute atomic E-state index is 13.4. The normalized spacial score (nSPS) is 14.6. The van der Waals surface area contributed by atoms with Crippen LogP contribution in [0.1, 0.15) is 46.6 Å². The molecule has 2 atom stereocenters. The molecule has 2 amide bonds. The molecule has 4 rings (SSSR count). The van der Waals surface area contributed by atoms with Crippen LogP contribution in [0.15, 0.2) is 60.0 Å². The number of benzene rings is 2. The predicted molar refractivity (Wildman–Crippen MR) is 139 cm³/mol. The van der Waals surface area contributed by atoms with Gasteiger partial charge in [-0.2, -0.15) is 0 Å². The van der Waals surface area contributed by atoms with Crippen LogP contribution in [0, 0.1) is 0 Å². The van der Waals surface area contributed by atoms with Crippen molar-refractivity contribution in [2.75, 3.05) is 11.8 Å². The molecule has 3 N–H and O–H groups in total. The number of rotatable bonds is 11. The number of anilines is 1. The van der Waals surface area contributed by atoms with E-state index in [0.717, 1.165) is 34.7 Å². The maximum atomic E-state index is 13.4. The minimum absolute atomic E-state index is 0.298. The monoisotopic (exact) mass is 528 g/mol. The van der Waals surface area contributed by atoms with Gasteiger partial charge in [0.1, 0.15) is 6.04 Å². The van der Waals surface area contributed by atoms with E-state index in [-0.39, 0.29) is 5.91 Å². The van der Waals surface area contributed by atoms with Crippen LogP contribution in [0.2, 0.25) is 0 Å². The van der Waals surface area contributed by atoms with Gasteiger partial charge in [-0.15, -0.1) is 11.3 Å². The third-order valence-corrected chi connectivity index (χ3v) is 7.30. The molecular formula is C25H28N4O5S2. The number of thiol groups is 1. The average molecular weight is 529 g/mol. The molecule has 9 nitrogen and oxygen atoms in total. The van der Waals surface area contributed by atoms with Crippen LogP contribution < -0.4 is 15.4 Å². The number of aromatic nitrogens is 1. The topological polar surface area (TPSA) is 126 Å². The molecule has 1 fully saturated rings. The lowest BCUT2D eigenvalue weighted by atomic mass is 10.0. The fourth-order valence-electron chi connectivity index (χ4n) is 3.80. The first-order chi connectivity index (χ1) is 17.4. The number of amides is 2. The highest BCUT2D eigenvalue weighted by molar-refractivity contribution is 7.73. The molecule has 0 radical (unpaired) electrons. The molecule has 0 unspecified atom stereocenters.